The molecule has 0 aliphatic carbocycles. The van der Waals surface area contributed by atoms with Gasteiger partial charge in [0.1, 0.15) is 22.5 Å². The van der Waals surface area contributed by atoms with Crippen molar-refractivity contribution in [3.05, 3.63) is 39.8 Å². The zero-order valence-corrected chi connectivity index (χ0v) is 56.5. The van der Waals surface area contributed by atoms with E-state index < -0.39 is 105 Å². The number of aromatic nitrogens is 1. The Kier molecular flexibility index (Phi) is 28.6. The SMILES string of the molecule is CC[C@H](C)[C@H](CC(=O)C(C)(C)N(C)C)C(=O)N(C)[C@H](C[C@@H](OC(C)=O)c1nc(C(=O)N[C@@H](Cc2ccc(O)c(NC(=O)CCCCC(=O)[C@@H]3CNC(=O)CCCN4C(=O)CC(SCSC5CC(=O)N(CCCC(=O)N3)C5=O)C4=O)c2)CC(C)C(=O)O)cs1)C(C)C. The number of amides is 9. The molecule has 0 saturated carbocycles. The number of hydrogen-bond acceptors (Lipinski definition) is 20. The zero-order valence-electron chi connectivity index (χ0n) is 54.1. The third-order valence-electron chi connectivity index (χ3n) is 17.3. The van der Waals surface area contributed by atoms with E-state index in [0.717, 1.165) is 21.1 Å². The lowest BCUT2D eigenvalue weighted by molar-refractivity contribution is -0.150. The number of phenolic OH excluding ortho intramolecular Hbond substituents is 1. The fourth-order valence-corrected chi connectivity index (χ4v) is 14.4. The molecule has 0 spiro atoms. The van der Waals surface area contributed by atoms with Gasteiger partial charge in [0.2, 0.25) is 47.3 Å². The number of carboxylic acids is 1. The predicted molar refractivity (Wildman–Crippen MR) is 343 cm³/mol. The Morgan fingerprint density at radius 1 is 0.857 bits per heavy atom. The number of anilines is 1. The van der Waals surface area contributed by atoms with E-state index in [1.807, 2.05) is 60.5 Å². The lowest BCUT2D eigenvalue weighted by Crippen LogP contribution is -2.50. The quantitative estimate of drug-likeness (QED) is 0.0272. The second kappa shape index (κ2) is 34.8. The molecule has 5 rings (SSSR count). The fourth-order valence-electron chi connectivity index (χ4n) is 10.9. The number of phenols is 1. The Bertz CT molecular complexity index is 3010. The molecule has 4 bridgehead atoms. The molecule has 3 aliphatic rings. The van der Waals surface area contributed by atoms with Gasteiger partial charge in [0, 0.05) is 113 Å². The molecule has 3 fully saturated rings. The molecule has 3 aliphatic heterocycles. The average molecular weight is 1330 g/mol. The maximum Gasteiger partial charge on any atom is 0.306 e. The number of thiazole rings is 1. The van der Waals surface area contributed by atoms with Crippen LogP contribution in [0.3, 0.4) is 0 Å². The van der Waals surface area contributed by atoms with Crippen molar-refractivity contribution in [1.29, 1.82) is 0 Å². The molecule has 502 valence electrons. The number of carbonyl (C=O) groups excluding carboxylic acids is 12. The Morgan fingerprint density at radius 3 is 2.03 bits per heavy atom. The van der Waals surface area contributed by atoms with Gasteiger partial charge in [-0.25, -0.2) is 4.98 Å². The first kappa shape index (κ1) is 74.9. The van der Waals surface area contributed by atoms with Crippen molar-refractivity contribution in [3.63, 3.8) is 0 Å². The van der Waals surface area contributed by atoms with Crippen LogP contribution < -0.4 is 21.3 Å². The molecule has 9 amide bonds. The number of aliphatic carboxylic acids is 1. The fraction of sp³-hybridized carbons (Fsp3) is 0.651. The summed E-state index contributed by atoms with van der Waals surface area (Å²) in [7, 11) is 5.32. The van der Waals surface area contributed by atoms with Gasteiger partial charge >= 0.3 is 11.9 Å². The van der Waals surface area contributed by atoms with Crippen molar-refractivity contribution in [2.24, 2.45) is 23.7 Å². The van der Waals surface area contributed by atoms with E-state index >= 15 is 0 Å². The minimum atomic E-state index is -1.18. The number of hydrogen-bond donors (Lipinski definition) is 6. The summed E-state index contributed by atoms with van der Waals surface area (Å²) in [6.45, 7) is 13.9. The molecular weight excluding hydrogens is 1230 g/mol. The number of nitrogens with one attached hydrogen (secondary N) is 4. The van der Waals surface area contributed by atoms with Crippen molar-refractivity contribution in [3.8, 4) is 5.75 Å². The number of fused-ring (bicyclic) bond motifs is 4. The van der Waals surface area contributed by atoms with E-state index in [2.05, 4.69) is 26.3 Å². The van der Waals surface area contributed by atoms with E-state index in [9.17, 15) is 72.5 Å². The maximum atomic E-state index is 14.4. The third kappa shape index (κ3) is 21.7. The number of carbonyl (C=O) groups is 13. The number of ether oxygens (including phenoxy) is 1. The van der Waals surface area contributed by atoms with Crippen LogP contribution in [0.5, 0.6) is 5.75 Å². The number of imide groups is 2. The zero-order chi connectivity index (χ0) is 67.6. The van der Waals surface area contributed by atoms with Crippen LogP contribution in [0, 0.1) is 23.7 Å². The number of rotatable bonds is 27. The third-order valence-corrected chi connectivity index (χ3v) is 20.9. The summed E-state index contributed by atoms with van der Waals surface area (Å²) in [4.78, 5) is 182. The molecule has 28 heteroatoms. The Labute approximate surface area is 544 Å². The smallest absolute Gasteiger partial charge is 0.306 e. The molecule has 1 aromatic heterocycles. The van der Waals surface area contributed by atoms with Gasteiger partial charge in [-0.2, -0.15) is 0 Å². The van der Waals surface area contributed by atoms with E-state index in [0.29, 0.717) is 17.1 Å². The number of carboxylic acid groups (broad SMARTS) is 1. The van der Waals surface area contributed by atoms with E-state index in [-0.39, 0.29) is 167 Å². The van der Waals surface area contributed by atoms with Crippen molar-refractivity contribution < 1.29 is 77.3 Å². The average Bonchev–Trinajstić information content (AvgIpc) is 1.85. The summed E-state index contributed by atoms with van der Waals surface area (Å²) >= 11 is 3.51. The Balaban J connectivity index is 1.21. The molecule has 6 N–H and O–H groups in total. The maximum absolute atomic E-state index is 14.4. The van der Waals surface area contributed by atoms with E-state index in [1.165, 1.54) is 54.9 Å². The first-order chi connectivity index (χ1) is 42.8. The number of ketones is 2. The number of benzene rings is 1. The minimum Gasteiger partial charge on any atom is -0.506 e. The summed E-state index contributed by atoms with van der Waals surface area (Å²) in [6, 6.07) is 1.90. The van der Waals surface area contributed by atoms with Gasteiger partial charge in [-0.15, -0.1) is 34.9 Å². The van der Waals surface area contributed by atoms with Gasteiger partial charge in [-0.05, 0) is 96.0 Å². The van der Waals surface area contributed by atoms with Crippen LogP contribution in [0.2, 0.25) is 0 Å². The molecule has 3 unspecified atom stereocenters. The summed E-state index contributed by atoms with van der Waals surface area (Å²) in [5.74, 6) is -8.32. The van der Waals surface area contributed by atoms with Crippen LogP contribution in [0.15, 0.2) is 23.6 Å². The molecule has 25 nitrogen and oxygen atoms in total. The van der Waals surface area contributed by atoms with Crippen LogP contribution in [0.4, 0.5) is 5.69 Å². The van der Waals surface area contributed by atoms with Crippen LogP contribution in [-0.2, 0) is 68.7 Å². The topological polar surface area (TPSA) is 346 Å². The minimum absolute atomic E-state index is 0.00182. The van der Waals surface area contributed by atoms with E-state index in [1.54, 1.807) is 18.0 Å². The van der Waals surface area contributed by atoms with Gasteiger partial charge in [0.05, 0.1) is 27.6 Å². The van der Waals surface area contributed by atoms with Gasteiger partial charge in [-0.3, -0.25) is 77.0 Å². The highest BCUT2D eigenvalue weighted by atomic mass is 32.2. The standard InChI is InChI=1S/C63H91N9O16S3/c1-12-36(4)41(28-51(76)63(7,8)69(9)10)59(83)70(11)45(35(2)3)29-48(88-38(6)73)58-68-44(33-89-58)57(82)65-40(25-37(5)62(86)87)26-39-21-22-47(75)42(27-39)66-53(78)18-14-13-17-46(74)43-32-64-52(77)19-15-23-71-55(80)30-49(60(71)84)90-34-91-50-31-56(81)72(61(50)85)24-16-20-54(79)67-43/h21-22,27,33,35-37,40-41,43,45,48-50,75H,12-20,23-26,28-32,34H2,1-11H3,(H,64,77)(H,65,82)(H,66,78)(H,67,79)(H,86,87)/t36-,37?,40+,41-,43-,45+,48+,49?,50?/m0/s1. The Morgan fingerprint density at radius 2 is 1.46 bits per heavy atom. The van der Waals surface area contributed by atoms with Crippen molar-refractivity contribution in [1.82, 2.24) is 40.5 Å². The highest BCUT2D eigenvalue weighted by Crippen LogP contribution is 2.36. The highest BCUT2D eigenvalue weighted by Gasteiger charge is 2.43. The van der Waals surface area contributed by atoms with Crippen molar-refractivity contribution in [2.45, 2.75) is 192 Å². The molecular formula is C63H91N9O16S3. The molecule has 0 radical (unpaired) electrons. The largest absolute Gasteiger partial charge is 0.506 e. The molecule has 91 heavy (non-hydrogen) atoms. The number of Topliss-reactive ketones (excluding diaryl/α,β-unsaturated/α-hetero) is 2. The van der Waals surface area contributed by atoms with Crippen molar-refractivity contribution in [2.75, 3.05) is 51.2 Å². The van der Waals surface area contributed by atoms with E-state index in [4.69, 9.17) is 4.74 Å². The van der Waals surface area contributed by atoms with Crippen molar-refractivity contribution >= 4 is 117 Å². The van der Waals surface area contributed by atoms with Gasteiger partial charge in [0.15, 0.2) is 17.7 Å². The van der Waals surface area contributed by atoms with Gasteiger partial charge in [0.25, 0.3) is 5.91 Å². The normalized spacial score (nSPS) is 20.2. The van der Waals surface area contributed by atoms with Crippen LogP contribution in [0.25, 0.3) is 0 Å². The molecule has 3 saturated heterocycles. The Hall–Kier alpha value is -6.78. The molecule has 1 aromatic carbocycles. The first-order valence-corrected chi connectivity index (χ1v) is 34.1. The highest BCUT2D eigenvalue weighted by molar-refractivity contribution is 8.17. The number of nitrogens with zero attached hydrogens (tertiary/aromatic N) is 5. The second-order valence-electron chi connectivity index (χ2n) is 24.9. The predicted octanol–water partition coefficient (Wildman–Crippen LogP) is 5.66. The lowest BCUT2D eigenvalue weighted by atomic mass is 9.81. The number of aromatic hydroxyl groups is 1. The molecule has 2 aromatic rings. The van der Waals surface area contributed by atoms with Crippen LogP contribution in [-0.4, -0.2) is 191 Å². The van der Waals surface area contributed by atoms with Gasteiger partial charge < -0.3 is 41.1 Å². The number of esters is 1. The van der Waals surface area contributed by atoms with Crippen LogP contribution >= 0.6 is 34.9 Å². The molecule has 9 atom stereocenters. The monoisotopic (exact) mass is 1330 g/mol. The number of likely N-dealkylation sites (N-methyl/N-ethyl adjacent to an activating group) is 1. The lowest BCUT2D eigenvalue weighted by Gasteiger charge is -2.38. The van der Waals surface area contributed by atoms with Crippen LogP contribution in [0.1, 0.15) is 172 Å². The second-order valence-corrected chi connectivity index (χ2v) is 28.5. The summed E-state index contributed by atoms with van der Waals surface area (Å²) in [6.07, 6.45) is -0.00442. The summed E-state index contributed by atoms with van der Waals surface area (Å²) < 4.78 is 5.82. The number of thioether (sulfide) groups is 2. The molecule has 4 heterocycles. The summed E-state index contributed by atoms with van der Waals surface area (Å²) in [5, 5.41) is 32.4. The van der Waals surface area contributed by atoms with Gasteiger partial charge in [-0.1, -0.05) is 47.1 Å². The summed E-state index contributed by atoms with van der Waals surface area (Å²) in [5.41, 5.74) is -0.313. The number of unbranched alkanes of at least 4 members (excludes halogenated alkanes) is 1. The first-order valence-electron chi connectivity index (χ1n) is 31.1.